The van der Waals surface area contributed by atoms with Crippen LogP contribution in [0.25, 0.3) is 0 Å². The number of methoxy groups -OCH3 is 1. The van der Waals surface area contributed by atoms with Gasteiger partial charge in [-0.25, -0.2) is 0 Å². The summed E-state index contributed by atoms with van der Waals surface area (Å²) in [5, 5.41) is 2.89. The van der Waals surface area contributed by atoms with Crippen molar-refractivity contribution in [2.45, 2.75) is 12.6 Å². The molecule has 0 amide bonds. The number of halogens is 4. The lowest BCUT2D eigenvalue weighted by Crippen LogP contribution is -2.14. The van der Waals surface area contributed by atoms with Crippen molar-refractivity contribution in [2.75, 3.05) is 20.7 Å². The molecule has 1 rings (SSSR count). The first-order valence-corrected chi connectivity index (χ1v) is 5.77. The van der Waals surface area contributed by atoms with Gasteiger partial charge in [0, 0.05) is 4.47 Å². The van der Waals surface area contributed by atoms with Crippen LogP contribution in [0.15, 0.2) is 16.6 Å². The third kappa shape index (κ3) is 3.61. The van der Waals surface area contributed by atoms with Crippen LogP contribution in [0, 0.1) is 0 Å². The zero-order valence-corrected chi connectivity index (χ0v) is 11.1. The molecule has 6 heteroatoms. The molecule has 0 heterocycles. The number of hydrogen-bond donors (Lipinski definition) is 1. The molecule has 1 aromatic rings. The summed E-state index contributed by atoms with van der Waals surface area (Å²) < 4.78 is 43.7. The van der Waals surface area contributed by atoms with Crippen molar-refractivity contribution in [1.82, 2.24) is 5.32 Å². The van der Waals surface area contributed by atoms with E-state index in [2.05, 4.69) is 21.2 Å². The lowest BCUT2D eigenvalue weighted by atomic mass is 10.1. The van der Waals surface area contributed by atoms with Crippen LogP contribution in [0.2, 0.25) is 0 Å². The molecular weight excluding hydrogens is 299 g/mol. The molecule has 0 radical (unpaired) electrons. The minimum Gasteiger partial charge on any atom is -0.496 e. The molecule has 0 saturated carbocycles. The fourth-order valence-electron chi connectivity index (χ4n) is 1.55. The second-order valence-electron chi connectivity index (χ2n) is 3.50. The predicted molar refractivity (Wildman–Crippen MR) is 63.3 cm³/mol. The Morgan fingerprint density at radius 2 is 2.00 bits per heavy atom. The van der Waals surface area contributed by atoms with Crippen LogP contribution < -0.4 is 10.1 Å². The Balaban J connectivity index is 3.25. The van der Waals surface area contributed by atoms with E-state index in [0.717, 1.165) is 6.07 Å². The van der Waals surface area contributed by atoms with E-state index in [4.69, 9.17) is 4.74 Å². The fraction of sp³-hybridized carbons (Fsp3) is 0.455. The first kappa shape index (κ1) is 14.3. The Morgan fingerprint density at radius 3 is 2.47 bits per heavy atom. The van der Waals surface area contributed by atoms with Gasteiger partial charge in [-0.15, -0.1) is 0 Å². The van der Waals surface area contributed by atoms with Crippen molar-refractivity contribution >= 4 is 15.9 Å². The molecular formula is C11H13BrF3NO. The van der Waals surface area contributed by atoms with Crippen molar-refractivity contribution in [3.8, 4) is 5.75 Å². The van der Waals surface area contributed by atoms with E-state index in [1.54, 1.807) is 13.1 Å². The van der Waals surface area contributed by atoms with Gasteiger partial charge in [-0.1, -0.05) is 15.9 Å². The second kappa shape index (κ2) is 5.73. The van der Waals surface area contributed by atoms with Crippen molar-refractivity contribution in [3.63, 3.8) is 0 Å². The zero-order chi connectivity index (χ0) is 13.1. The summed E-state index contributed by atoms with van der Waals surface area (Å²) in [6.45, 7) is 0.587. The third-order valence-corrected chi connectivity index (χ3v) is 2.74. The Bertz CT molecular complexity index is 393. The van der Waals surface area contributed by atoms with Gasteiger partial charge in [0.05, 0.1) is 12.7 Å². The lowest BCUT2D eigenvalue weighted by Gasteiger charge is -2.16. The van der Waals surface area contributed by atoms with E-state index in [-0.39, 0.29) is 5.75 Å². The number of rotatable bonds is 4. The quantitative estimate of drug-likeness (QED) is 0.921. The van der Waals surface area contributed by atoms with Crippen LogP contribution in [0.5, 0.6) is 5.75 Å². The Morgan fingerprint density at radius 1 is 1.35 bits per heavy atom. The number of ether oxygens (including phenoxy) is 1. The van der Waals surface area contributed by atoms with Crippen LogP contribution in [0.3, 0.4) is 0 Å². The summed E-state index contributed by atoms with van der Waals surface area (Å²) in [7, 11) is 3.00. The summed E-state index contributed by atoms with van der Waals surface area (Å²) in [4.78, 5) is 0. The smallest absolute Gasteiger partial charge is 0.420 e. The van der Waals surface area contributed by atoms with Gasteiger partial charge in [-0.05, 0) is 37.7 Å². The molecule has 17 heavy (non-hydrogen) atoms. The molecule has 2 nitrogen and oxygen atoms in total. The molecule has 0 aliphatic carbocycles. The van der Waals surface area contributed by atoms with E-state index < -0.39 is 11.7 Å². The standard InChI is InChI=1S/C11H13BrF3NO/c1-16-4-3-7-5-8(12)6-9(10(7)17-2)11(13,14)15/h5-6,16H,3-4H2,1-2H3. The first-order chi connectivity index (χ1) is 7.90. The van der Waals surface area contributed by atoms with Crippen LogP contribution in [0.1, 0.15) is 11.1 Å². The molecule has 96 valence electrons. The van der Waals surface area contributed by atoms with Gasteiger partial charge >= 0.3 is 6.18 Å². The fourth-order valence-corrected chi connectivity index (χ4v) is 2.05. The summed E-state index contributed by atoms with van der Waals surface area (Å²) in [6, 6.07) is 2.67. The summed E-state index contributed by atoms with van der Waals surface area (Å²) in [5.74, 6) is -0.101. The molecule has 0 aliphatic rings. The number of nitrogens with one attached hydrogen (secondary N) is 1. The van der Waals surface area contributed by atoms with Gasteiger partial charge in [0.25, 0.3) is 0 Å². The highest BCUT2D eigenvalue weighted by Gasteiger charge is 2.35. The Hall–Kier alpha value is -0.750. The highest BCUT2D eigenvalue weighted by Crippen LogP contribution is 2.40. The van der Waals surface area contributed by atoms with Crippen LogP contribution in [-0.2, 0) is 12.6 Å². The van der Waals surface area contributed by atoms with Crippen molar-refractivity contribution < 1.29 is 17.9 Å². The first-order valence-electron chi connectivity index (χ1n) is 4.98. The van der Waals surface area contributed by atoms with Gasteiger partial charge in [-0.2, -0.15) is 13.2 Å². The number of hydrogen-bond acceptors (Lipinski definition) is 2. The van der Waals surface area contributed by atoms with Crippen LogP contribution >= 0.6 is 15.9 Å². The molecule has 0 saturated heterocycles. The molecule has 0 atom stereocenters. The third-order valence-electron chi connectivity index (χ3n) is 2.28. The molecule has 0 aromatic heterocycles. The molecule has 0 unspecified atom stereocenters. The van der Waals surface area contributed by atoms with Gasteiger partial charge < -0.3 is 10.1 Å². The maximum atomic E-state index is 12.8. The number of likely N-dealkylation sites (N-methyl/N-ethyl adjacent to an activating group) is 1. The molecule has 1 N–H and O–H groups in total. The van der Waals surface area contributed by atoms with E-state index in [1.165, 1.54) is 7.11 Å². The van der Waals surface area contributed by atoms with E-state index >= 15 is 0 Å². The normalized spacial score (nSPS) is 11.6. The maximum Gasteiger partial charge on any atom is 0.420 e. The largest absolute Gasteiger partial charge is 0.496 e. The van der Waals surface area contributed by atoms with Crippen LogP contribution in [0.4, 0.5) is 13.2 Å². The van der Waals surface area contributed by atoms with Crippen LogP contribution in [-0.4, -0.2) is 20.7 Å². The molecule has 0 spiro atoms. The van der Waals surface area contributed by atoms with E-state index in [9.17, 15) is 13.2 Å². The van der Waals surface area contributed by atoms with Crippen molar-refractivity contribution in [3.05, 3.63) is 27.7 Å². The van der Waals surface area contributed by atoms with E-state index in [1.807, 2.05) is 0 Å². The second-order valence-corrected chi connectivity index (χ2v) is 4.41. The number of benzene rings is 1. The number of alkyl halides is 3. The van der Waals surface area contributed by atoms with Crippen molar-refractivity contribution in [1.29, 1.82) is 0 Å². The minimum atomic E-state index is -4.41. The molecule has 0 bridgehead atoms. The summed E-state index contributed by atoms with van der Waals surface area (Å²) >= 11 is 3.08. The summed E-state index contributed by atoms with van der Waals surface area (Å²) in [5.41, 5.74) is -0.218. The molecule has 0 aliphatic heterocycles. The van der Waals surface area contributed by atoms with E-state index in [0.29, 0.717) is 23.0 Å². The summed E-state index contributed by atoms with van der Waals surface area (Å²) in [6.07, 6.45) is -3.94. The maximum absolute atomic E-state index is 12.8. The minimum absolute atomic E-state index is 0.101. The van der Waals surface area contributed by atoms with Crippen molar-refractivity contribution in [2.24, 2.45) is 0 Å². The SMILES string of the molecule is CNCCc1cc(Br)cc(C(F)(F)F)c1OC. The predicted octanol–water partition coefficient (Wildman–Crippen LogP) is 3.24. The van der Waals surface area contributed by atoms with Gasteiger partial charge in [0.2, 0.25) is 0 Å². The molecule has 0 fully saturated rings. The van der Waals surface area contributed by atoms with Gasteiger partial charge in [-0.3, -0.25) is 0 Å². The Labute approximate surface area is 106 Å². The van der Waals surface area contributed by atoms with Gasteiger partial charge in [0.1, 0.15) is 5.75 Å². The average molecular weight is 312 g/mol. The van der Waals surface area contributed by atoms with Gasteiger partial charge in [0.15, 0.2) is 0 Å². The highest BCUT2D eigenvalue weighted by molar-refractivity contribution is 9.10. The highest BCUT2D eigenvalue weighted by atomic mass is 79.9. The monoisotopic (exact) mass is 311 g/mol. The topological polar surface area (TPSA) is 21.3 Å². The zero-order valence-electron chi connectivity index (χ0n) is 9.49. The average Bonchev–Trinajstić information content (AvgIpc) is 2.24. The molecule has 1 aromatic carbocycles. The lowest BCUT2D eigenvalue weighted by molar-refractivity contribution is -0.138. The Kier molecular flexibility index (Phi) is 4.82.